The highest BCUT2D eigenvalue weighted by Gasteiger charge is 2.31. The minimum Gasteiger partial charge on any atom is -0.504 e. The molecule has 4 nitrogen and oxygen atoms in total. The van der Waals surface area contributed by atoms with E-state index in [1.807, 2.05) is 6.92 Å². The van der Waals surface area contributed by atoms with Crippen LogP contribution in [0.15, 0.2) is 40.4 Å². The van der Waals surface area contributed by atoms with Gasteiger partial charge in [0.1, 0.15) is 12.3 Å². The highest BCUT2D eigenvalue weighted by Crippen LogP contribution is 2.27. The number of nitrogens with zero attached hydrogens (tertiary/aromatic N) is 2. The molecule has 5 heteroatoms. The van der Waals surface area contributed by atoms with E-state index < -0.39 is 6.04 Å². The van der Waals surface area contributed by atoms with Crippen LogP contribution in [0.2, 0.25) is 0 Å². The van der Waals surface area contributed by atoms with Gasteiger partial charge in [-0.15, -0.1) is 11.6 Å². The standard InChI is InChI=1S/C12H13ClN2O2/c1-8-9(4-5-13)10(7-16)15-6-2-3-11(17)12(15)14-8/h2-3,6-7,10,17H,4-5H2,1H3. The molecule has 2 aliphatic rings. The van der Waals surface area contributed by atoms with E-state index in [0.717, 1.165) is 17.6 Å². The van der Waals surface area contributed by atoms with Gasteiger partial charge >= 0.3 is 0 Å². The number of hydrogen-bond donors (Lipinski definition) is 1. The van der Waals surface area contributed by atoms with Crippen molar-refractivity contribution in [3.05, 3.63) is 35.4 Å². The van der Waals surface area contributed by atoms with Gasteiger partial charge in [0.05, 0.1) is 0 Å². The van der Waals surface area contributed by atoms with Crippen LogP contribution in [0.3, 0.4) is 0 Å². The van der Waals surface area contributed by atoms with Gasteiger partial charge in [-0.05, 0) is 31.1 Å². The summed E-state index contributed by atoms with van der Waals surface area (Å²) in [5, 5.41) is 9.72. The molecule has 1 unspecified atom stereocenters. The van der Waals surface area contributed by atoms with Crippen molar-refractivity contribution < 1.29 is 9.90 Å². The number of fused-ring (bicyclic) bond motifs is 1. The first kappa shape index (κ1) is 11.9. The number of halogens is 1. The van der Waals surface area contributed by atoms with Crippen LogP contribution >= 0.6 is 11.6 Å². The summed E-state index contributed by atoms with van der Waals surface area (Å²) in [6, 6.07) is -0.423. The Hall–Kier alpha value is -1.55. The average Bonchev–Trinajstić information content (AvgIpc) is 2.32. The summed E-state index contributed by atoms with van der Waals surface area (Å²) in [6.07, 6.45) is 6.44. The summed E-state index contributed by atoms with van der Waals surface area (Å²) in [7, 11) is 0. The van der Waals surface area contributed by atoms with Crippen LogP contribution in [0, 0.1) is 0 Å². The number of carbonyl (C=O) groups is 1. The number of aliphatic imine (C=N–C) groups is 1. The molecule has 90 valence electrons. The van der Waals surface area contributed by atoms with Gasteiger partial charge in [-0.25, -0.2) is 4.99 Å². The maximum Gasteiger partial charge on any atom is 0.176 e. The molecule has 0 radical (unpaired) electrons. The third kappa shape index (κ3) is 2.00. The average molecular weight is 253 g/mol. The van der Waals surface area contributed by atoms with Crippen LogP contribution in [0.4, 0.5) is 0 Å². The van der Waals surface area contributed by atoms with Crippen LogP contribution in [0.5, 0.6) is 0 Å². The summed E-state index contributed by atoms with van der Waals surface area (Å²) < 4.78 is 0. The quantitative estimate of drug-likeness (QED) is 0.619. The van der Waals surface area contributed by atoms with E-state index in [1.165, 1.54) is 0 Å². The van der Waals surface area contributed by atoms with Crippen molar-refractivity contribution in [2.75, 3.05) is 5.88 Å². The highest BCUT2D eigenvalue weighted by atomic mass is 35.5. The van der Waals surface area contributed by atoms with Crippen molar-refractivity contribution in [3.8, 4) is 0 Å². The zero-order valence-electron chi connectivity index (χ0n) is 9.43. The Morgan fingerprint density at radius 1 is 1.65 bits per heavy atom. The molecule has 0 aromatic heterocycles. The Labute approximate surface area is 105 Å². The number of aliphatic hydroxyl groups is 1. The summed E-state index contributed by atoms with van der Waals surface area (Å²) >= 11 is 5.73. The molecule has 0 aromatic carbocycles. The number of aliphatic hydroxyl groups excluding tert-OH is 1. The predicted molar refractivity (Wildman–Crippen MR) is 67.0 cm³/mol. The summed E-state index contributed by atoms with van der Waals surface area (Å²) in [6.45, 7) is 1.83. The van der Waals surface area contributed by atoms with Crippen molar-refractivity contribution in [1.82, 2.24) is 4.90 Å². The number of aldehydes is 1. The monoisotopic (exact) mass is 252 g/mol. The zero-order valence-corrected chi connectivity index (χ0v) is 10.2. The number of carbonyl (C=O) groups excluding carboxylic acids is 1. The molecule has 0 saturated heterocycles. The van der Waals surface area contributed by atoms with Crippen molar-refractivity contribution in [2.24, 2.45) is 4.99 Å². The normalized spacial score (nSPS) is 23.2. The van der Waals surface area contributed by atoms with Crippen LogP contribution in [0.1, 0.15) is 13.3 Å². The molecule has 0 fully saturated rings. The van der Waals surface area contributed by atoms with Gasteiger partial charge in [0, 0.05) is 17.8 Å². The molecule has 0 aliphatic carbocycles. The summed E-state index contributed by atoms with van der Waals surface area (Å²) in [5.41, 5.74) is 1.65. The van der Waals surface area contributed by atoms with E-state index in [0.29, 0.717) is 18.1 Å². The Morgan fingerprint density at radius 2 is 2.41 bits per heavy atom. The molecule has 1 atom stereocenters. The number of rotatable bonds is 3. The zero-order chi connectivity index (χ0) is 12.4. The number of allylic oxidation sites excluding steroid dienone is 3. The maximum atomic E-state index is 11.2. The van der Waals surface area contributed by atoms with Crippen molar-refractivity contribution in [2.45, 2.75) is 19.4 Å². The van der Waals surface area contributed by atoms with E-state index in [4.69, 9.17) is 11.6 Å². The Balaban J connectivity index is 2.47. The first-order chi connectivity index (χ1) is 8.19. The fourth-order valence-corrected chi connectivity index (χ4v) is 2.24. The molecular formula is C12H13ClN2O2. The number of alkyl halides is 1. The molecule has 2 heterocycles. The smallest absolute Gasteiger partial charge is 0.176 e. The van der Waals surface area contributed by atoms with Crippen LogP contribution in [-0.4, -0.2) is 34.1 Å². The highest BCUT2D eigenvalue weighted by molar-refractivity contribution is 6.18. The second-order valence-corrected chi connectivity index (χ2v) is 4.24. The lowest BCUT2D eigenvalue weighted by Gasteiger charge is -2.34. The minimum atomic E-state index is -0.423. The first-order valence-corrected chi connectivity index (χ1v) is 5.88. The molecule has 1 N–H and O–H groups in total. The van der Waals surface area contributed by atoms with E-state index in [2.05, 4.69) is 4.99 Å². The molecule has 0 amide bonds. The number of hydrogen-bond acceptors (Lipinski definition) is 4. The van der Waals surface area contributed by atoms with Crippen LogP contribution < -0.4 is 0 Å². The van der Waals surface area contributed by atoms with Gasteiger partial charge in [0.15, 0.2) is 11.6 Å². The second-order valence-electron chi connectivity index (χ2n) is 3.87. The van der Waals surface area contributed by atoms with Gasteiger partial charge in [-0.3, -0.25) is 0 Å². The van der Waals surface area contributed by atoms with Crippen molar-refractivity contribution >= 4 is 23.7 Å². The molecule has 0 bridgehead atoms. The van der Waals surface area contributed by atoms with Crippen molar-refractivity contribution in [1.29, 1.82) is 0 Å². The molecule has 2 aliphatic heterocycles. The van der Waals surface area contributed by atoms with E-state index in [-0.39, 0.29) is 5.76 Å². The predicted octanol–water partition coefficient (Wildman–Crippen LogP) is 2.14. The van der Waals surface area contributed by atoms with E-state index >= 15 is 0 Å². The van der Waals surface area contributed by atoms with Gasteiger partial charge in [-0.2, -0.15) is 0 Å². The maximum absolute atomic E-state index is 11.2. The van der Waals surface area contributed by atoms with Gasteiger partial charge in [0.25, 0.3) is 0 Å². The fraction of sp³-hybridized carbons (Fsp3) is 0.333. The third-order valence-corrected chi connectivity index (χ3v) is 3.05. The van der Waals surface area contributed by atoms with Crippen molar-refractivity contribution in [3.63, 3.8) is 0 Å². The van der Waals surface area contributed by atoms with Gasteiger partial charge < -0.3 is 14.8 Å². The van der Waals surface area contributed by atoms with E-state index in [9.17, 15) is 9.90 Å². The topological polar surface area (TPSA) is 52.9 Å². The van der Waals surface area contributed by atoms with Crippen LogP contribution in [0.25, 0.3) is 0 Å². The minimum absolute atomic E-state index is 0.0728. The molecule has 0 saturated carbocycles. The molecule has 17 heavy (non-hydrogen) atoms. The lowest BCUT2D eigenvalue weighted by atomic mass is 9.99. The molecule has 0 aromatic rings. The molecule has 2 rings (SSSR count). The first-order valence-electron chi connectivity index (χ1n) is 5.34. The Morgan fingerprint density at radius 3 is 3.06 bits per heavy atom. The van der Waals surface area contributed by atoms with E-state index in [1.54, 1.807) is 23.3 Å². The summed E-state index contributed by atoms with van der Waals surface area (Å²) in [4.78, 5) is 17.2. The molecular weight excluding hydrogens is 240 g/mol. The fourth-order valence-electron chi connectivity index (χ4n) is 2.03. The number of amidine groups is 1. The Bertz CT molecular complexity index is 463. The lowest BCUT2D eigenvalue weighted by molar-refractivity contribution is -0.110. The largest absolute Gasteiger partial charge is 0.504 e. The Kier molecular flexibility index (Phi) is 3.33. The lowest BCUT2D eigenvalue weighted by Crippen LogP contribution is -2.43. The van der Waals surface area contributed by atoms with Gasteiger partial charge in [0.2, 0.25) is 0 Å². The van der Waals surface area contributed by atoms with Gasteiger partial charge in [-0.1, -0.05) is 0 Å². The second kappa shape index (κ2) is 4.75. The third-order valence-electron chi connectivity index (χ3n) is 2.86. The van der Waals surface area contributed by atoms with Crippen LogP contribution in [-0.2, 0) is 4.79 Å². The molecule has 0 spiro atoms. The summed E-state index contributed by atoms with van der Waals surface area (Å²) in [5.74, 6) is 0.936. The SMILES string of the molecule is CC1=C(CCCl)C(C=O)N2C=CC=C(O)C2=N1.